The number of carbonyl (C=O) groups is 1. The molecule has 2 rings (SSSR count). The Morgan fingerprint density at radius 2 is 1.76 bits per heavy atom. The molecule has 0 aliphatic rings. The fourth-order valence-corrected chi connectivity index (χ4v) is 2.03. The highest BCUT2D eigenvalue weighted by Crippen LogP contribution is 2.15. The number of nitrogens with one attached hydrogen (secondary N) is 1. The Bertz CT molecular complexity index is 564. The van der Waals surface area contributed by atoms with Crippen LogP contribution in [0, 0.1) is 0 Å². The molecule has 0 spiro atoms. The summed E-state index contributed by atoms with van der Waals surface area (Å²) in [5.74, 6) is 0.720. The van der Waals surface area contributed by atoms with Gasteiger partial charge in [0, 0.05) is 5.56 Å². The molecule has 1 N–H and O–H groups in total. The first-order valence-electron chi connectivity index (χ1n) is 7.29. The zero-order valence-corrected chi connectivity index (χ0v) is 12.5. The highest BCUT2D eigenvalue weighted by Gasteiger charge is 2.11. The minimum atomic E-state index is -0.0756. The van der Waals surface area contributed by atoms with Crippen LogP contribution in [-0.4, -0.2) is 12.5 Å². The highest BCUT2D eigenvalue weighted by molar-refractivity contribution is 5.94. The van der Waals surface area contributed by atoms with Gasteiger partial charge in [-0.15, -0.1) is 0 Å². The number of benzene rings is 2. The Hall–Kier alpha value is -2.29. The third-order valence-corrected chi connectivity index (χ3v) is 3.24. The SMILES string of the molecule is CCCOc1ccc(C(=O)N[C@@H](C)c2ccccc2)cc1. The van der Waals surface area contributed by atoms with Gasteiger partial charge in [0.05, 0.1) is 12.6 Å². The van der Waals surface area contributed by atoms with E-state index in [-0.39, 0.29) is 11.9 Å². The first-order chi connectivity index (χ1) is 10.2. The van der Waals surface area contributed by atoms with E-state index in [0.29, 0.717) is 12.2 Å². The van der Waals surface area contributed by atoms with E-state index in [1.54, 1.807) is 12.1 Å². The first-order valence-corrected chi connectivity index (χ1v) is 7.29. The number of hydrogen-bond donors (Lipinski definition) is 1. The third kappa shape index (κ3) is 4.35. The Balaban J connectivity index is 1.97. The van der Waals surface area contributed by atoms with Gasteiger partial charge in [-0.1, -0.05) is 37.3 Å². The van der Waals surface area contributed by atoms with E-state index in [4.69, 9.17) is 4.74 Å². The zero-order chi connectivity index (χ0) is 15.1. The van der Waals surface area contributed by atoms with Gasteiger partial charge in [-0.2, -0.15) is 0 Å². The molecule has 2 aromatic rings. The predicted molar refractivity (Wildman–Crippen MR) is 84.6 cm³/mol. The van der Waals surface area contributed by atoms with Crippen LogP contribution < -0.4 is 10.1 Å². The van der Waals surface area contributed by atoms with E-state index < -0.39 is 0 Å². The standard InChI is InChI=1S/C18H21NO2/c1-3-13-21-17-11-9-16(10-12-17)18(20)19-14(2)15-7-5-4-6-8-15/h4-12,14H,3,13H2,1-2H3,(H,19,20)/t14-/m0/s1. The summed E-state index contributed by atoms with van der Waals surface area (Å²) in [5.41, 5.74) is 1.73. The lowest BCUT2D eigenvalue weighted by Gasteiger charge is -2.14. The number of rotatable bonds is 6. The average Bonchev–Trinajstić information content (AvgIpc) is 2.54. The highest BCUT2D eigenvalue weighted by atomic mass is 16.5. The number of carbonyl (C=O) groups excluding carboxylic acids is 1. The molecule has 2 aromatic carbocycles. The van der Waals surface area contributed by atoms with Crippen LogP contribution in [0.5, 0.6) is 5.75 Å². The van der Waals surface area contributed by atoms with Gasteiger partial charge in [-0.25, -0.2) is 0 Å². The van der Waals surface area contributed by atoms with Gasteiger partial charge in [0.1, 0.15) is 5.75 Å². The van der Waals surface area contributed by atoms with Gasteiger partial charge in [0.25, 0.3) is 5.91 Å². The van der Waals surface area contributed by atoms with Crippen molar-refractivity contribution in [3.05, 3.63) is 65.7 Å². The molecule has 0 aliphatic heterocycles. The lowest BCUT2D eigenvalue weighted by molar-refractivity contribution is 0.0940. The molecule has 0 saturated heterocycles. The molecule has 1 amide bonds. The van der Waals surface area contributed by atoms with Crippen LogP contribution in [0.15, 0.2) is 54.6 Å². The summed E-state index contributed by atoms with van der Waals surface area (Å²) < 4.78 is 5.51. The van der Waals surface area contributed by atoms with Crippen molar-refractivity contribution in [3.63, 3.8) is 0 Å². The Labute approximate surface area is 126 Å². The van der Waals surface area contributed by atoms with Crippen molar-refractivity contribution in [1.82, 2.24) is 5.32 Å². The summed E-state index contributed by atoms with van der Waals surface area (Å²) >= 11 is 0. The number of ether oxygens (including phenoxy) is 1. The lowest BCUT2D eigenvalue weighted by atomic mass is 10.1. The zero-order valence-electron chi connectivity index (χ0n) is 12.5. The Morgan fingerprint density at radius 3 is 2.38 bits per heavy atom. The molecular weight excluding hydrogens is 262 g/mol. The molecule has 0 saturated carbocycles. The maximum absolute atomic E-state index is 12.2. The van der Waals surface area contributed by atoms with Crippen LogP contribution >= 0.6 is 0 Å². The average molecular weight is 283 g/mol. The molecule has 1 atom stereocenters. The second-order valence-electron chi connectivity index (χ2n) is 4.98. The predicted octanol–water partition coefficient (Wildman–Crippen LogP) is 3.97. The van der Waals surface area contributed by atoms with Crippen molar-refractivity contribution >= 4 is 5.91 Å². The van der Waals surface area contributed by atoms with E-state index in [0.717, 1.165) is 17.7 Å². The van der Waals surface area contributed by atoms with Crippen molar-refractivity contribution in [2.24, 2.45) is 0 Å². The number of hydrogen-bond acceptors (Lipinski definition) is 2. The maximum atomic E-state index is 12.2. The van der Waals surface area contributed by atoms with Crippen LogP contribution in [0.1, 0.15) is 42.2 Å². The minimum absolute atomic E-state index is 0.0188. The molecule has 0 aliphatic carbocycles. The summed E-state index contributed by atoms with van der Waals surface area (Å²) in [6.45, 7) is 4.73. The van der Waals surface area contributed by atoms with Crippen molar-refractivity contribution in [2.75, 3.05) is 6.61 Å². The molecule has 21 heavy (non-hydrogen) atoms. The summed E-state index contributed by atoms with van der Waals surface area (Å²) in [6.07, 6.45) is 0.969. The molecule has 3 nitrogen and oxygen atoms in total. The third-order valence-electron chi connectivity index (χ3n) is 3.24. The molecule has 3 heteroatoms. The van der Waals surface area contributed by atoms with Crippen molar-refractivity contribution in [2.45, 2.75) is 26.3 Å². The molecule has 0 aromatic heterocycles. The monoisotopic (exact) mass is 283 g/mol. The fraction of sp³-hybridized carbons (Fsp3) is 0.278. The van der Waals surface area contributed by atoms with Crippen LogP contribution in [0.25, 0.3) is 0 Å². The normalized spacial score (nSPS) is 11.7. The van der Waals surface area contributed by atoms with E-state index in [9.17, 15) is 4.79 Å². The minimum Gasteiger partial charge on any atom is -0.494 e. The summed E-state index contributed by atoms with van der Waals surface area (Å²) in [7, 11) is 0. The largest absolute Gasteiger partial charge is 0.494 e. The number of amides is 1. The summed E-state index contributed by atoms with van der Waals surface area (Å²) in [5, 5.41) is 3.00. The smallest absolute Gasteiger partial charge is 0.251 e. The summed E-state index contributed by atoms with van der Waals surface area (Å²) in [4.78, 5) is 12.2. The topological polar surface area (TPSA) is 38.3 Å². The Kier molecular flexibility index (Phi) is 5.38. The van der Waals surface area contributed by atoms with Crippen LogP contribution in [0.3, 0.4) is 0 Å². The molecule has 0 bridgehead atoms. The molecule has 0 unspecified atom stereocenters. The fourth-order valence-electron chi connectivity index (χ4n) is 2.03. The van der Waals surface area contributed by atoms with Gasteiger partial charge in [-0.3, -0.25) is 4.79 Å². The van der Waals surface area contributed by atoms with Gasteiger partial charge in [-0.05, 0) is 43.2 Å². The van der Waals surface area contributed by atoms with E-state index in [1.165, 1.54) is 0 Å². The lowest BCUT2D eigenvalue weighted by Crippen LogP contribution is -2.26. The quantitative estimate of drug-likeness (QED) is 0.871. The van der Waals surface area contributed by atoms with Gasteiger partial charge in [0.2, 0.25) is 0 Å². The van der Waals surface area contributed by atoms with Crippen LogP contribution in [-0.2, 0) is 0 Å². The molecule has 0 fully saturated rings. The maximum Gasteiger partial charge on any atom is 0.251 e. The van der Waals surface area contributed by atoms with Gasteiger partial charge < -0.3 is 10.1 Å². The van der Waals surface area contributed by atoms with Gasteiger partial charge >= 0.3 is 0 Å². The van der Waals surface area contributed by atoms with Crippen molar-refractivity contribution in [1.29, 1.82) is 0 Å². The van der Waals surface area contributed by atoms with Gasteiger partial charge in [0.15, 0.2) is 0 Å². The van der Waals surface area contributed by atoms with Crippen LogP contribution in [0.4, 0.5) is 0 Å². The molecular formula is C18H21NO2. The molecule has 0 radical (unpaired) electrons. The van der Waals surface area contributed by atoms with E-state index in [1.807, 2.05) is 49.4 Å². The van der Waals surface area contributed by atoms with Crippen molar-refractivity contribution in [3.8, 4) is 5.75 Å². The van der Waals surface area contributed by atoms with E-state index >= 15 is 0 Å². The second kappa shape index (κ2) is 7.48. The van der Waals surface area contributed by atoms with Crippen molar-refractivity contribution < 1.29 is 9.53 Å². The summed E-state index contributed by atoms with van der Waals surface area (Å²) in [6, 6.07) is 17.1. The Morgan fingerprint density at radius 1 is 1.10 bits per heavy atom. The molecule has 110 valence electrons. The van der Waals surface area contributed by atoms with E-state index in [2.05, 4.69) is 12.2 Å². The van der Waals surface area contributed by atoms with Crippen LogP contribution in [0.2, 0.25) is 0 Å². The second-order valence-corrected chi connectivity index (χ2v) is 4.98. The molecule has 0 heterocycles. The first kappa shape index (κ1) is 15.1.